The molecule has 158 valence electrons. The second kappa shape index (κ2) is 9.37. The average molecular weight is 459 g/mol. The van der Waals surface area contributed by atoms with Crippen molar-refractivity contribution in [1.82, 2.24) is 5.43 Å². The highest BCUT2D eigenvalue weighted by Gasteiger charge is 2.18. The molecule has 9 nitrogen and oxygen atoms in total. The van der Waals surface area contributed by atoms with Crippen LogP contribution in [0.25, 0.3) is 0 Å². The molecule has 0 aliphatic heterocycles. The largest absolute Gasteiger partial charge is 0.279 e. The van der Waals surface area contributed by atoms with E-state index in [2.05, 4.69) is 15.2 Å². The molecule has 0 bridgehead atoms. The molecule has 0 aromatic heterocycles. The number of carbonyl (C=O) groups is 1. The molecular formula is C20H15ClN4O5S. The van der Waals surface area contributed by atoms with E-state index in [1.807, 2.05) is 0 Å². The Labute approximate surface area is 182 Å². The summed E-state index contributed by atoms with van der Waals surface area (Å²) in [7, 11) is -3.95. The van der Waals surface area contributed by atoms with Crippen LogP contribution in [0.3, 0.4) is 0 Å². The van der Waals surface area contributed by atoms with E-state index >= 15 is 0 Å². The highest BCUT2D eigenvalue weighted by molar-refractivity contribution is 7.92. The van der Waals surface area contributed by atoms with E-state index in [0.717, 1.165) is 0 Å². The Bertz CT molecular complexity index is 1260. The lowest BCUT2D eigenvalue weighted by molar-refractivity contribution is -0.384. The SMILES string of the molecule is O=C(NN=Cc1cccc([N+](=O)[O-])c1)c1ccccc1NS(=O)(=O)c1ccc(Cl)cc1. The van der Waals surface area contributed by atoms with Crippen LogP contribution in [-0.2, 0) is 10.0 Å². The maximum absolute atomic E-state index is 12.6. The van der Waals surface area contributed by atoms with E-state index in [-0.39, 0.29) is 21.8 Å². The number of rotatable bonds is 7. The number of non-ortho nitro benzene ring substituents is 1. The Morgan fingerprint density at radius 1 is 1.03 bits per heavy atom. The van der Waals surface area contributed by atoms with E-state index in [4.69, 9.17) is 11.6 Å². The number of nitro groups is 1. The minimum atomic E-state index is -3.95. The molecule has 0 heterocycles. The number of para-hydroxylation sites is 1. The number of amides is 1. The van der Waals surface area contributed by atoms with Crippen molar-refractivity contribution in [2.75, 3.05) is 4.72 Å². The minimum absolute atomic E-state index is 0.0178. The number of benzene rings is 3. The number of hydrazone groups is 1. The van der Waals surface area contributed by atoms with Gasteiger partial charge in [0.2, 0.25) is 0 Å². The molecule has 0 spiro atoms. The summed E-state index contributed by atoms with van der Waals surface area (Å²) in [5.41, 5.74) is 2.67. The van der Waals surface area contributed by atoms with Gasteiger partial charge in [0.1, 0.15) is 0 Å². The number of hydrogen-bond acceptors (Lipinski definition) is 6. The lowest BCUT2D eigenvalue weighted by Crippen LogP contribution is -2.21. The minimum Gasteiger partial charge on any atom is -0.279 e. The van der Waals surface area contributed by atoms with E-state index < -0.39 is 20.9 Å². The Morgan fingerprint density at radius 3 is 2.45 bits per heavy atom. The summed E-state index contributed by atoms with van der Waals surface area (Å²) < 4.78 is 27.6. The maximum Gasteiger partial charge on any atom is 0.273 e. The number of nitro benzene ring substituents is 1. The van der Waals surface area contributed by atoms with Crippen molar-refractivity contribution in [3.05, 3.63) is 99.1 Å². The highest BCUT2D eigenvalue weighted by atomic mass is 35.5. The molecule has 0 unspecified atom stereocenters. The van der Waals surface area contributed by atoms with Crippen molar-refractivity contribution in [1.29, 1.82) is 0 Å². The molecule has 11 heteroatoms. The van der Waals surface area contributed by atoms with Crippen LogP contribution >= 0.6 is 11.6 Å². The van der Waals surface area contributed by atoms with Crippen molar-refractivity contribution in [2.45, 2.75) is 4.90 Å². The number of anilines is 1. The van der Waals surface area contributed by atoms with Crippen molar-refractivity contribution in [3.63, 3.8) is 0 Å². The zero-order chi connectivity index (χ0) is 22.4. The van der Waals surface area contributed by atoms with Crippen LogP contribution in [0.1, 0.15) is 15.9 Å². The summed E-state index contributed by atoms with van der Waals surface area (Å²) in [6, 6.07) is 17.3. The first-order chi connectivity index (χ1) is 14.8. The molecule has 0 fully saturated rings. The van der Waals surface area contributed by atoms with Gasteiger partial charge in [-0.3, -0.25) is 19.6 Å². The Kier molecular flexibility index (Phi) is 6.63. The van der Waals surface area contributed by atoms with Crippen LogP contribution in [-0.4, -0.2) is 25.5 Å². The van der Waals surface area contributed by atoms with Gasteiger partial charge in [-0.25, -0.2) is 13.8 Å². The lowest BCUT2D eigenvalue weighted by atomic mass is 10.2. The van der Waals surface area contributed by atoms with Crippen LogP contribution in [0.5, 0.6) is 0 Å². The monoisotopic (exact) mass is 458 g/mol. The Hall–Kier alpha value is -3.76. The Balaban J connectivity index is 1.76. The van der Waals surface area contributed by atoms with Crippen LogP contribution in [0.15, 0.2) is 82.8 Å². The van der Waals surface area contributed by atoms with Crippen molar-refractivity contribution < 1.29 is 18.1 Å². The molecule has 0 atom stereocenters. The standard InChI is InChI=1S/C20H15ClN4O5S/c21-15-8-10-17(11-9-15)31(29,30)24-19-7-2-1-6-18(19)20(26)23-22-13-14-4-3-5-16(12-14)25(27)28/h1-13,24H,(H,23,26). The van der Waals surface area contributed by atoms with Crippen molar-refractivity contribution in [2.24, 2.45) is 5.10 Å². The summed E-state index contributed by atoms with van der Waals surface area (Å²) in [6.45, 7) is 0. The normalized spacial score (nSPS) is 11.3. The van der Waals surface area contributed by atoms with Crippen molar-refractivity contribution >= 4 is 45.1 Å². The molecule has 0 radical (unpaired) electrons. The second-order valence-electron chi connectivity index (χ2n) is 6.16. The summed E-state index contributed by atoms with van der Waals surface area (Å²) in [5.74, 6) is -0.670. The van der Waals surface area contributed by atoms with Gasteiger partial charge in [0, 0.05) is 22.7 Å². The molecule has 2 N–H and O–H groups in total. The number of nitrogens with zero attached hydrogens (tertiary/aromatic N) is 2. The predicted molar refractivity (Wildman–Crippen MR) is 117 cm³/mol. The predicted octanol–water partition coefficient (Wildman–Crippen LogP) is 3.81. The number of hydrogen-bond donors (Lipinski definition) is 2. The van der Waals surface area contributed by atoms with Crippen molar-refractivity contribution in [3.8, 4) is 0 Å². The van der Waals surface area contributed by atoms with Gasteiger partial charge < -0.3 is 0 Å². The average Bonchev–Trinajstić information content (AvgIpc) is 2.74. The first kappa shape index (κ1) is 21.9. The van der Waals surface area contributed by atoms with E-state index in [1.165, 1.54) is 60.8 Å². The zero-order valence-corrected chi connectivity index (χ0v) is 17.3. The summed E-state index contributed by atoms with van der Waals surface area (Å²) in [6.07, 6.45) is 1.24. The van der Waals surface area contributed by atoms with E-state index in [1.54, 1.807) is 18.2 Å². The molecule has 0 aliphatic rings. The van der Waals surface area contributed by atoms with E-state index in [9.17, 15) is 23.3 Å². The molecule has 0 aliphatic carbocycles. The number of nitrogens with one attached hydrogen (secondary N) is 2. The topological polar surface area (TPSA) is 131 Å². The van der Waals surface area contributed by atoms with Crippen LogP contribution in [0, 0.1) is 10.1 Å². The summed E-state index contributed by atoms with van der Waals surface area (Å²) >= 11 is 5.79. The number of halogens is 1. The van der Waals surface area contributed by atoms with Gasteiger partial charge in [-0.2, -0.15) is 5.10 Å². The molecule has 0 saturated carbocycles. The summed E-state index contributed by atoms with van der Waals surface area (Å²) in [5, 5.41) is 15.0. The van der Waals surface area contributed by atoms with Gasteiger partial charge >= 0.3 is 0 Å². The van der Waals surface area contributed by atoms with Gasteiger partial charge in [-0.15, -0.1) is 0 Å². The van der Waals surface area contributed by atoms with E-state index in [0.29, 0.717) is 10.6 Å². The van der Waals surface area contributed by atoms with Gasteiger partial charge in [0.05, 0.1) is 27.3 Å². The molecule has 3 aromatic rings. The van der Waals surface area contributed by atoms with Gasteiger partial charge in [0.25, 0.3) is 21.6 Å². The molecular weight excluding hydrogens is 444 g/mol. The van der Waals surface area contributed by atoms with Crippen LogP contribution < -0.4 is 10.1 Å². The van der Waals surface area contributed by atoms with Crippen LogP contribution in [0.4, 0.5) is 11.4 Å². The third kappa shape index (κ3) is 5.65. The number of carbonyl (C=O) groups excluding carboxylic acids is 1. The van der Waals surface area contributed by atoms with Gasteiger partial charge in [0.15, 0.2) is 0 Å². The fourth-order valence-electron chi connectivity index (χ4n) is 2.53. The first-order valence-corrected chi connectivity index (χ1v) is 10.6. The summed E-state index contributed by atoms with van der Waals surface area (Å²) in [4.78, 5) is 22.8. The first-order valence-electron chi connectivity index (χ1n) is 8.71. The highest BCUT2D eigenvalue weighted by Crippen LogP contribution is 2.21. The second-order valence-corrected chi connectivity index (χ2v) is 8.28. The fraction of sp³-hybridized carbons (Fsp3) is 0. The molecule has 31 heavy (non-hydrogen) atoms. The fourth-order valence-corrected chi connectivity index (χ4v) is 3.74. The Morgan fingerprint density at radius 2 is 1.74 bits per heavy atom. The molecule has 3 aromatic carbocycles. The molecule has 3 rings (SSSR count). The third-order valence-corrected chi connectivity index (χ3v) is 5.63. The van der Waals surface area contributed by atoms with Crippen LogP contribution in [0.2, 0.25) is 5.02 Å². The van der Waals surface area contributed by atoms with Gasteiger partial charge in [-0.1, -0.05) is 35.9 Å². The quantitative estimate of drug-likeness (QED) is 0.315. The lowest BCUT2D eigenvalue weighted by Gasteiger charge is -2.11. The maximum atomic E-state index is 12.6. The third-order valence-electron chi connectivity index (χ3n) is 4.00. The van der Waals surface area contributed by atoms with Gasteiger partial charge in [-0.05, 0) is 36.4 Å². The molecule has 1 amide bonds. The number of sulfonamides is 1. The smallest absolute Gasteiger partial charge is 0.273 e. The molecule has 0 saturated heterocycles. The zero-order valence-electron chi connectivity index (χ0n) is 15.7.